The number of aryl methyl sites for hydroxylation is 2. The first-order valence-electron chi connectivity index (χ1n) is 27.0. The van der Waals surface area contributed by atoms with E-state index in [1.807, 2.05) is 0 Å². The first-order chi connectivity index (χ1) is 35.7. The molecule has 0 bridgehead atoms. The molecule has 0 heterocycles. The minimum atomic E-state index is 0.0648. The largest absolute Gasteiger partial charge is 0.310 e. The van der Waals surface area contributed by atoms with Crippen LogP contribution in [0.2, 0.25) is 0 Å². The van der Waals surface area contributed by atoms with Crippen LogP contribution >= 0.6 is 0 Å². The Hall–Kier alpha value is -7.68. The van der Waals surface area contributed by atoms with Crippen molar-refractivity contribution in [2.45, 2.75) is 87.9 Å². The first kappa shape index (κ1) is 42.0. The van der Waals surface area contributed by atoms with Crippen molar-refractivity contribution in [1.82, 2.24) is 0 Å². The van der Waals surface area contributed by atoms with E-state index in [2.05, 4.69) is 216 Å². The number of nitrogens with zero attached hydrogens (tertiary/aromatic N) is 2. The summed E-state index contributed by atoms with van der Waals surface area (Å²) in [6.45, 7) is 0. The zero-order valence-corrected chi connectivity index (χ0v) is 41.0. The van der Waals surface area contributed by atoms with Crippen molar-refractivity contribution in [1.29, 1.82) is 0 Å². The summed E-state index contributed by atoms with van der Waals surface area (Å²) in [5.41, 5.74) is 25.0. The van der Waals surface area contributed by atoms with Crippen LogP contribution in [-0.4, -0.2) is 0 Å². The van der Waals surface area contributed by atoms with E-state index < -0.39 is 0 Å². The second-order valence-corrected chi connectivity index (χ2v) is 21.6. The molecule has 0 N–H and O–H groups in total. The summed E-state index contributed by atoms with van der Waals surface area (Å²) in [7, 11) is 0. The number of benzene rings is 10. The zero-order chi connectivity index (χ0) is 47.4. The van der Waals surface area contributed by atoms with Crippen LogP contribution in [-0.2, 0) is 23.7 Å². The second-order valence-electron chi connectivity index (χ2n) is 21.6. The lowest BCUT2D eigenvalue weighted by atomic mass is 9.76. The fourth-order valence-electron chi connectivity index (χ4n) is 15.0. The molecular formula is C70H58N2. The van der Waals surface area contributed by atoms with Crippen molar-refractivity contribution in [3.63, 3.8) is 0 Å². The molecule has 10 aromatic rings. The third-order valence-electron chi connectivity index (χ3n) is 18.1. The Morgan fingerprint density at radius 2 is 0.653 bits per heavy atom. The number of hydrogen-bond donors (Lipinski definition) is 0. The predicted molar refractivity (Wildman–Crippen MR) is 302 cm³/mol. The minimum absolute atomic E-state index is 0.0648. The highest BCUT2D eigenvalue weighted by Gasteiger charge is 2.47. The molecule has 0 radical (unpaired) electrons. The van der Waals surface area contributed by atoms with Gasteiger partial charge in [0.05, 0.1) is 11.4 Å². The van der Waals surface area contributed by atoms with Gasteiger partial charge in [-0.05, 0) is 190 Å². The van der Waals surface area contributed by atoms with Crippen molar-refractivity contribution >= 4 is 55.7 Å². The van der Waals surface area contributed by atoms with Crippen LogP contribution in [0.5, 0.6) is 0 Å². The summed E-state index contributed by atoms with van der Waals surface area (Å²) in [5.74, 6) is 0. The third-order valence-corrected chi connectivity index (χ3v) is 18.1. The summed E-state index contributed by atoms with van der Waals surface area (Å²) in [5, 5.41) is 5.32. The maximum absolute atomic E-state index is 2.61. The molecule has 0 atom stereocenters. The summed E-state index contributed by atoms with van der Waals surface area (Å²) < 4.78 is 0. The monoisotopic (exact) mass is 926 g/mol. The van der Waals surface area contributed by atoms with Gasteiger partial charge >= 0.3 is 0 Å². The molecule has 15 rings (SSSR count). The van der Waals surface area contributed by atoms with Gasteiger partial charge in [-0.25, -0.2) is 0 Å². The maximum Gasteiger partial charge on any atom is 0.0543 e. The average molecular weight is 927 g/mol. The predicted octanol–water partition coefficient (Wildman–Crippen LogP) is 19.2. The Morgan fingerprint density at radius 1 is 0.278 bits per heavy atom. The van der Waals surface area contributed by atoms with Gasteiger partial charge in [-0.15, -0.1) is 0 Å². The molecule has 0 unspecified atom stereocenters. The van der Waals surface area contributed by atoms with Gasteiger partial charge < -0.3 is 9.80 Å². The lowest BCUT2D eigenvalue weighted by molar-refractivity contribution is 0.550. The van der Waals surface area contributed by atoms with Gasteiger partial charge in [-0.3, -0.25) is 0 Å². The van der Waals surface area contributed by atoms with Crippen molar-refractivity contribution in [2.24, 2.45) is 0 Å². The molecule has 2 heteroatoms. The molecule has 0 aromatic heterocycles. The fraction of sp³-hybridized carbons (Fsp3) is 0.200. The van der Waals surface area contributed by atoms with Crippen LogP contribution in [0, 0.1) is 0 Å². The number of hydrogen-bond acceptors (Lipinski definition) is 2. The highest BCUT2D eigenvalue weighted by Crippen LogP contribution is 2.62. The van der Waals surface area contributed by atoms with Crippen LogP contribution in [0.15, 0.2) is 206 Å². The van der Waals surface area contributed by atoms with Crippen LogP contribution < -0.4 is 9.80 Å². The van der Waals surface area contributed by atoms with Crippen molar-refractivity contribution in [3.8, 4) is 33.4 Å². The van der Waals surface area contributed by atoms with E-state index >= 15 is 0 Å². The molecule has 2 fully saturated rings. The molecule has 348 valence electrons. The second kappa shape index (κ2) is 16.4. The van der Waals surface area contributed by atoms with Gasteiger partial charge in [0, 0.05) is 44.4 Å². The van der Waals surface area contributed by atoms with Gasteiger partial charge in [0.2, 0.25) is 0 Å². The summed E-state index contributed by atoms with van der Waals surface area (Å²) >= 11 is 0. The smallest absolute Gasteiger partial charge is 0.0543 e. The Kier molecular flexibility index (Phi) is 9.60. The summed E-state index contributed by atoms with van der Waals surface area (Å²) in [4.78, 5) is 5.15. The molecule has 0 aliphatic heterocycles. The summed E-state index contributed by atoms with van der Waals surface area (Å²) in [6.07, 6.45) is 14.3. The summed E-state index contributed by atoms with van der Waals surface area (Å²) in [6, 6.07) is 79.4. The Morgan fingerprint density at radius 3 is 1.08 bits per heavy atom. The Labute approximate surface area is 424 Å². The molecule has 72 heavy (non-hydrogen) atoms. The van der Waals surface area contributed by atoms with Gasteiger partial charge in [0.25, 0.3) is 0 Å². The van der Waals surface area contributed by atoms with E-state index in [1.165, 1.54) is 174 Å². The lowest BCUT2D eigenvalue weighted by Gasteiger charge is -2.32. The van der Waals surface area contributed by atoms with E-state index in [4.69, 9.17) is 0 Å². The SMILES string of the molecule is c1ccc(N(c2ccc3c(c2)CCCCc2cc(N(c4ccccc4)c4cc5c(c6ccccc46)-c4ccccc4C54CCCC4)ccc2-3)c2cc3c(c4ccccc24)-c2ccccc2C32CCCC2)cc1. The molecule has 5 aliphatic carbocycles. The highest BCUT2D eigenvalue weighted by molar-refractivity contribution is 6.11. The van der Waals surface area contributed by atoms with Crippen molar-refractivity contribution in [2.75, 3.05) is 9.80 Å². The van der Waals surface area contributed by atoms with Crippen LogP contribution in [0.4, 0.5) is 34.1 Å². The van der Waals surface area contributed by atoms with Gasteiger partial charge in [0.15, 0.2) is 0 Å². The standard InChI is InChI=1S/C70H58N2/c1-3-23-49(24-4-1)71(65-45-63-67(57-29-11-9-27-55(57)65)59-31-13-15-33-61(59)69(63)39-17-18-40-69)51-35-37-53-47(43-51)21-7-8-22-48-44-52(36-38-54(48)53)72(50-25-5-2-6-26-50)66-46-64-68(58-30-12-10-28-56(58)66)60-32-14-16-34-62(60)70(64)41-19-20-42-70/h1-6,9-16,23-38,43-46H,7-8,17-22,39-42H2. The highest BCUT2D eigenvalue weighted by atomic mass is 15.2. The van der Waals surface area contributed by atoms with E-state index in [-0.39, 0.29) is 10.8 Å². The minimum Gasteiger partial charge on any atom is -0.310 e. The Balaban J connectivity index is 0.880. The number of para-hydroxylation sites is 2. The van der Waals surface area contributed by atoms with Crippen molar-refractivity contribution in [3.05, 3.63) is 240 Å². The topological polar surface area (TPSA) is 6.48 Å². The molecule has 10 aromatic carbocycles. The van der Waals surface area contributed by atoms with E-state index in [0.29, 0.717) is 0 Å². The van der Waals surface area contributed by atoms with Crippen LogP contribution in [0.3, 0.4) is 0 Å². The number of fused-ring (bicyclic) bond motifs is 17. The van der Waals surface area contributed by atoms with E-state index in [1.54, 1.807) is 0 Å². The Bertz CT molecular complexity index is 3530. The van der Waals surface area contributed by atoms with Gasteiger partial charge in [-0.1, -0.05) is 171 Å². The zero-order valence-electron chi connectivity index (χ0n) is 41.0. The molecular weight excluding hydrogens is 869 g/mol. The third kappa shape index (κ3) is 6.14. The van der Waals surface area contributed by atoms with Crippen LogP contribution in [0.1, 0.15) is 97.6 Å². The molecule has 5 aliphatic rings. The fourth-order valence-corrected chi connectivity index (χ4v) is 15.0. The molecule has 0 saturated heterocycles. The number of rotatable bonds is 6. The van der Waals surface area contributed by atoms with Crippen molar-refractivity contribution < 1.29 is 0 Å². The van der Waals surface area contributed by atoms with E-state index in [0.717, 1.165) is 25.7 Å². The maximum atomic E-state index is 2.61. The lowest BCUT2D eigenvalue weighted by Crippen LogP contribution is -2.21. The number of anilines is 6. The average Bonchev–Trinajstić information content (AvgIpc) is 4.25. The first-order valence-corrected chi connectivity index (χ1v) is 27.0. The van der Waals surface area contributed by atoms with Gasteiger partial charge in [-0.2, -0.15) is 0 Å². The molecule has 0 amide bonds. The van der Waals surface area contributed by atoms with Gasteiger partial charge in [0.1, 0.15) is 0 Å². The quantitative estimate of drug-likeness (QED) is 0.164. The molecule has 2 nitrogen and oxygen atoms in total. The van der Waals surface area contributed by atoms with Crippen LogP contribution in [0.25, 0.3) is 54.9 Å². The molecule has 2 saturated carbocycles. The van der Waals surface area contributed by atoms with E-state index in [9.17, 15) is 0 Å². The molecule has 2 spiro atoms. The normalized spacial score (nSPS) is 16.4.